The second-order valence-electron chi connectivity index (χ2n) is 3.65. The molecule has 0 radical (unpaired) electrons. The van der Waals surface area contributed by atoms with Gasteiger partial charge in [0.15, 0.2) is 5.69 Å². The molecule has 0 fully saturated rings. The third kappa shape index (κ3) is 2.48. The van der Waals surface area contributed by atoms with Crippen LogP contribution in [0.1, 0.15) is 10.5 Å². The normalized spacial score (nSPS) is 10.3. The van der Waals surface area contributed by atoms with Gasteiger partial charge < -0.3 is 5.32 Å². The van der Waals surface area contributed by atoms with Crippen LogP contribution in [0.4, 0.5) is 0 Å². The Morgan fingerprint density at radius 3 is 2.72 bits per heavy atom. The first-order valence-corrected chi connectivity index (χ1v) is 5.98. The van der Waals surface area contributed by atoms with Gasteiger partial charge in [-0.3, -0.25) is 9.59 Å². The minimum absolute atomic E-state index is 0.193. The maximum Gasteiger partial charge on any atom is 0.272 e. The molecule has 0 aliphatic rings. The van der Waals surface area contributed by atoms with E-state index in [1.54, 1.807) is 24.3 Å². The number of fused-ring (bicyclic) bond motifs is 1. The van der Waals surface area contributed by atoms with E-state index in [9.17, 15) is 9.59 Å². The molecule has 0 saturated carbocycles. The van der Waals surface area contributed by atoms with Crippen LogP contribution in [0.2, 0.25) is 0 Å². The molecular weight excluding hydrogens is 298 g/mol. The predicted molar refractivity (Wildman–Crippen MR) is 72.8 cm³/mol. The van der Waals surface area contributed by atoms with Crippen LogP contribution in [0, 0.1) is 0 Å². The molecule has 2 aromatic rings. The van der Waals surface area contributed by atoms with Crippen molar-refractivity contribution in [3.63, 3.8) is 0 Å². The van der Waals surface area contributed by atoms with Crippen molar-refractivity contribution in [3.8, 4) is 0 Å². The summed E-state index contributed by atoms with van der Waals surface area (Å²) in [5, 5.41) is 9.71. The fraction of sp³-hybridized carbons (Fsp3) is 0.0833. The van der Waals surface area contributed by atoms with Gasteiger partial charge in [0.25, 0.3) is 11.5 Å². The van der Waals surface area contributed by atoms with Gasteiger partial charge in [-0.15, -0.1) is 0 Å². The fourth-order valence-electron chi connectivity index (χ4n) is 1.55. The van der Waals surface area contributed by atoms with E-state index in [0.29, 0.717) is 21.8 Å². The molecule has 1 heterocycles. The lowest BCUT2D eigenvalue weighted by Gasteiger charge is -2.05. The van der Waals surface area contributed by atoms with Crippen LogP contribution in [0.5, 0.6) is 0 Å². The highest BCUT2D eigenvalue weighted by Crippen LogP contribution is 2.12. The van der Waals surface area contributed by atoms with Gasteiger partial charge in [0.05, 0.1) is 5.39 Å². The van der Waals surface area contributed by atoms with Crippen LogP contribution in [0.15, 0.2) is 40.1 Å². The molecule has 92 valence electrons. The highest BCUT2D eigenvalue weighted by atomic mass is 79.9. The molecule has 5 nitrogen and oxygen atoms in total. The van der Waals surface area contributed by atoms with Gasteiger partial charge in [0.2, 0.25) is 0 Å². The molecule has 18 heavy (non-hydrogen) atoms. The summed E-state index contributed by atoms with van der Waals surface area (Å²) in [6, 6.07) is 6.83. The maximum atomic E-state index is 11.9. The summed E-state index contributed by atoms with van der Waals surface area (Å²) in [5.74, 6) is -0.358. The molecule has 0 atom stereocenters. The van der Waals surface area contributed by atoms with Crippen molar-refractivity contribution in [3.05, 3.63) is 51.4 Å². The molecule has 6 heteroatoms. The second-order valence-corrected chi connectivity index (χ2v) is 4.77. The van der Waals surface area contributed by atoms with E-state index in [1.165, 1.54) is 0 Å². The number of nitrogens with zero attached hydrogens (tertiary/aromatic N) is 1. The lowest BCUT2D eigenvalue weighted by atomic mass is 10.1. The first-order valence-electron chi connectivity index (χ1n) is 5.18. The average molecular weight is 308 g/mol. The van der Waals surface area contributed by atoms with Gasteiger partial charge >= 0.3 is 0 Å². The Bertz CT molecular complexity index is 678. The van der Waals surface area contributed by atoms with Gasteiger partial charge in [-0.05, 0) is 6.07 Å². The SMILES string of the molecule is C=C(Br)CNC(=O)c1n[nH]c(=O)c2ccccc12. The molecule has 1 amide bonds. The van der Waals surface area contributed by atoms with Gasteiger partial charge in [-0.25, -0.2) is 5.10 Å². The first kappa shape index (κ1) is 12.5. The van der Waals surface area contributed by atoms with Gasteiger partial charge in [0.1, 0.15) is 0 Å². The molecule has 0 saturated heterocycles. The highest BCUT2D eigenvalue weighted by molar-refractivity contribution is 9.11. The number of carbonyl (C=O) groups excluding carboxylic acids is 1. The van der Waals surface area contributed by atoms with Gasteiger partial charge in [0, 0.05) is 16.4 Å². The van der Waals surface area contributed by atoms with Crippen LogP contribution in [-0.2, 0) is 0 Å². The topological polar surface area (TPSA) is 74.8 Å². The van der Waals surface area contributed by atoms with Gasteiger partial charge in [-0.1, -0.05) is 40.7 Å². The molecule has 0 bridgehead atoms. The van der Waals surface area contributed by atoms with Crippen LogP contribution in [0.3, 0.4) is 0 Å². The van der Waals surface area contributed by atoms with Crippen molar-refractivity contribution in [2.45, 2.75) is 0 Å². The first-order chi connectivity index (χ1) is 8.59. The fourth-order valence-corrected chi connectivity index (χ4v) is 1.69. The minimum atomic E-state index is -0.358. The smallest absolute Gasteiger partial charge is 0.272 e. The Labute approximate surface area is 111 Å². The monoisotopic (exact) mass is 307 g/mol. The van der Waals surface area contributed by atoms with Gasteiger partial charge in [-0.2, -0.15) is 5.10 Å². The van der Waals surface area contributed by atoms with Crippen molar-refractivity contribution in [1.82, 2.24) is 15.5 Å². The molecular formula is C12H10BrN3O2. The van der Waals surface area contributed by atoms with Crippen LogP contribution < -0.4 is 10.9 Å². The van der Waals surface area contributed by atoms with Crippen molar-refractivity contribution >= 4 is 32.6 Å². The number of aromatic nitrogens is 2. The summed E-state index contributed by atoms with van der Waals surface area (Å²) < 4.78 is 0.657. The molecule has 1 aromatic heterocycles. The molecule has 0 aliphatic heterocycles. The van der Waals surface area contributed by atoms with E-state index in [4.69, 9.17) is 0 Å². The summed E-state index contributed by atoms with van der Waals surface area (Å²) >= 11 is 3.15. The zero-order valence-electron chi connectivity index (χ0n) is 9.37. The second kappa shape index (κ2) is 5.14. The Hall–Kier alpha value is -1.95. The van der Waals surface area contributed by atoms with E-state index in [1.807, 2.05) is 0 Å². The van der Waals surface area contributed by atoms with E-state index in [-0.39, 0.29) is 17.2 Å². The van der Waals surface area contributed by atoms with Crippen molar-refractivity contribution in [2.75, 3.05) is 6.54 Å². The van der Waals surface area contributed by atoms with Crippen LogP contribution in [-0.4, -0.2) is 22.6 Å². The van der Waals surface area contributed by atoms with E-state index >= 15 is 0 Å². The number of halogens is 1. The van der Waals surface area contributed by atoms with E-state index in [0.717, 1.165) is 0 Å². The summed E-state index contributed by atoms with van der Waals surface area (Å²) in [5.41, 5.74) is -0.119. The summed E-state index contributed by atoms with van der Waals surface area (Å²) in [7, 11) is 0. The molecule has 0 aliphatic carbocycles. The van der Waals surface area contributed by atoms with E-state index < -0.39 is 0 Å². The summed E-state index contributed by atoms with van der Waals surface area (Å²) in [6.07, 6.45) is 0. The summed E-state index contributed by atoms with van der Waals surface area (Å²) in [4.78, 5) is 23.5. The number of nitrogens with one attached hydrogen (secondary N) is 2. The maximum absolute atomic E-state index is 11.9. The molecule has 2 rings (SSSR count). The minimum Gasteiger partial charge on any atom is -0.346 e. The third-order valence-corrected chi connectivity index (χ3v) is 2.63. The number of carbonyl (C=O) groups is 1. The molecule has 1 aromatic carbocycles. The Kier molecular flexibility index (Phi) is 3.57. The quantitative estimate of drug-likeness (QED) is 0.903. The highest BCUT2D eigenvalue weighted by Gasteiger charge is 2.13. The number of aromatic amines is 1. The molecule has 0 spiro atoms. The predicted octanol–water partition coefficient (Wildman–Crippen LogP) is 1.56. The number of hydrogen-bond acceptors (Lipinski definition) is 3. The van der Waals surface area contributed by atoms with Crippen LogP contribution in [0.25, 0.3) is 10.8 Å². The Morgan fingerprint density at radius 2 is 2.06 bits per heavy atom. The third-order valence-electron chi connectivity index (χ3n) is 2.35. The number of benzene rings is 1. The Morgan fingerprint density at radius 1 is 1.39 bits per heavy atom. The zero-order chi connectivity index (χ0) is 13.1. The number of hydrogen-bond donors (Lipinski definition) is 2. The lowest BCUT2D eigenvalue weighted by Crippen LogP contribution is -2.27. The summed E-state index contributed by atoms with van der Waals surface area (Å²) in [6.45, 7) is 3.92. The largest absolute Gasteiger partial charge is 0.346 e. The number of H-pyrrole nitrogens is 1. The van der Waals surface area contributed by atoms with Crippen LogP contribution >= 0.6 is 15.9 Å². The van der Waals surface area contributed by atoms with Crippen molar-refractivity contribution < 1.29 is 4.79 Å². The van der Waals surface area contributed by atoms with Crippen molar-refractivity contribution in [1.29, 1.82) is 0 Å². The standard InChI is InChI=1S/C12H10BrN3O2/c1-7(13)6-14-12(18)10-8-4-2-3-5-9(8)11(17)16-15-10/h2-5H,1,6H2,(H,14,18)(H,16,17). The van der Waals surface area contributed by atoms with Crippen molar-refractivity contribution in [2.24, 2.45) is 0 Å². The molecule has 0 unspecified atom stereocenters. The number of amides is 1. The number of rotatable bonds is 3. The van der Waals surface area contributed by atoms with E-state index in [2.05, 4.69) is 38.0 Å². The average Bonchev–Trinajstić information content (AvgIpc) is 2.37. The zero-order valence-corrected chi connectivity index (χ0v) is 11.0. The Balaban J connectivity index is 2.45. The lowest BCUT2D eigenvalue weighted by molar-refractivity contribution is 0.0953. The molecule has 2 N–H and O–H groups in total.